The van der Waals surface area contributed by atoms with Gasteiger partial charge in [0.05, 0.1) is 12.1 Å². The lowest BCUT2D eigenvalue weighted by Crippen LogP contribution is -2.40. The number of hydrogen-bond acceptors (Lipinski definition) is 3. The quantitative estimate of drug-likeness (QED) is 0.681. The first-order valence-corrected chi connectivity index (χ1v) is 8.43. The van der Waals surface area contributed by atoms with E-state index in [1.165, 1.54) is 11.1 Å². The smallest absolute Gasteiger partial charge is 0.123 e. The molecule has 3 aromatic rings. The molecule has 1 aliphatic rings. The van der Waals surface area contributed by atoms with Crippen molar-refractivity contribution >= 4 is 11.0 Å². The van der Waals surface area contributed by atoms with E-state index in [1.807, 2.05) is 22.9 Å². The fraction of sp³-hybridized carbons (Fsp3) is 0.400. The summed E-state index contributed by atoms with van der Waals surface area (Å²) in [5, 5.41) is 8.88. The number of ether oxygens (including phenoxy) is 1. The molecule has 0 radical (unpaired) electrons. The predicted molar refractivity (Wildman–Crippen MR) is 95.0 cm³/mol. The van der Waals surface area contributed by atoms with Crippen molar-refractivity contribution in [3.63, 3.8) is 0 Å². The summed E-state index contributed by atoms with van der Waals surface area (Å²) in [7, 11) is 0. The highest BCUT2D eigenvalue weighted by molar-refractivity contribution is 5.74. The van der Waals surface area contributed by atoms with Crippen LogP contribution in [-0.4, -0.2) is 27.2 Å². The maximum Gasteiger partial charge on any atom is 0.123 e. The number of fused-ring (bicyclic) bond motifs is 1. The van der Waals surface area contributed by atoms with E-state index in [2.05, 4.69) is 68.3 Å². The van der Waals surface area contributed by atoms with Crippen LogP contribution in [-0.2, 0) is 4.74 Å². The summed E-state index contributed by atoms with van der Waals surface area (Å²) in [5.41, 5.74) is 4.15. The Balaban J connectivity index is 1.95. The zero-order valence-electron chi connectivity index (χ0n) is 14.7. The molecular weight excluding hydrogens is 298 g/mol. The van der Waals surface area contributed by atoms with Crippen molar-refractivity contribution in [2.24, 2.45) is 5.41 Å². The molecule has 4 rings (SSSR count). The molecule has 0 amide bonds. The predicted octanol–water partition coefficient (Wildman–Crippen LogP) is 4.14. The van der Waals surface area contributed by atoms with Crippen molar-refractivity contribution in [1.29, 1.82) is 0 Å². The van der Waals surface area contributed by atoms with Crippen LogP contribution in [0.2, 0.25) is 0 Å². The minimum absolute atomic E-state index is 0.00444. The SMILES string of the molecule is Cc1cccc([C@@H](n2nnc3ccccc32)[C@]2(C(C)(C)C)CO2)c1. The van der Waals surface area contributed by atoms with Gasteiger partial charge < -0.3 is 4.74 Å². The Labute approximate surface area is 142 Å². The van der Waals surface area contributed by atoms with Crippen molar-refractivity contribution in [2.45, 2.75) is 39.3 Å². The normalized spacial score (nSPS) is 21.8. The highest BCUT2D eigenvalue weighted by atomic mass is 16.6. The fourth-order valence-corrected chi connectivity index (χ4v) is 3.60. The molecule has 0 bridgehead atoms. The monoisotopic (exact) mass is 321 g/mol. The van der Waals surface area contributed by atoms with E-state index in [9.17, 15) is 0 Å². The highest BCUT2D eigenvalue weighted by Gasteiger charge is 2.61. The minimum Gasteiger partial charge on any atom is -0.366 e. The van der Waals surface area contributed by atoms with Gasteiger partial charge in [0, 0.05) is 0 Å². The lowest BCUT2D eigenvalue weighted by molar-refractivity contribution is 0.108. The first kappa shape index (κ1) is 15.3. The van der Waals surface area contributed by atoms with Crippen LogP contribution < -0.4 is 0 Å². The van der Waals surface area contributed by atoms with Gasteiger partial charge in [-0.15, -0.1) is 5.10 Å². The zero-order chi connectivity index (χ0) is 16.9. The van der Waals surface area contributed by atoms with Crippen molar-refractivity contribution in [3.05, 3.63) is 59.7 Å². The molecule has 2 heterocycles. The van der Waals surface area contributed by atoms with Gasteiger partial charge in [0.15, 0.2) is 0 Å². The van der Waals surface area contributed by atoms with Crippen LogP contribution in [0.4, 0.5) is 0 Å². The Morgan fingerprint density at radius 1 is 1.12 bits per heavy atom. The van der Waals surface area contributed by atoms with Crippen LogP contribution in [0.5, 0.6) is 0 Å². The molecule has 124 valence electrons. The Morgan fingerprint density at radius 3 is 2.54 bits per heavy atom. The summed E-state index contributed by atoms with van der Waals surface area (Å²) in [6, 6.07) is 16.8. The second-order valence-electron chi connectivity index (χ2n) is 7.77. The molecule has 1 aliphatic heterocycles. The average Bonchev–Trinajstić information content (AvgIpc) is 3.24. The molecule has 4 nitrogen and oxygen atoms in total. The number of hydrogen-bond donors (Lipinski definition) is 0. The lowest BCUT2D eigenvalue weighted by atomic mass is 9.74. The maximum atomic E-state index is 6.10. The average molecular weight is 321 g/mol. The van der Waals surface area contributed by atoms with Gasteiger partial charge in [0.1, 0.15) is 17.2 Å². The van der Waals surface area contributed by atoms with Crippen LogP contribution in [0.3, 0.4) is 0 Å². The van der Waals surface area contributed by atoms with Gasteiger partial charge in [-0.05, 0) is 30.0 Å². The van der Waals surface area contributed by atoms with E-state index >= 15 is 0 Å². The molecule has 4 heteroatoms. The van der Waals surface area contributed by atoms with E-state index in [0.29, 0.717) is 0 Å². The summed E-state index contributed by atoms with van der Waals surface area (Å²) >= 11 is 0. The molecule has 0 unspecified atom stereocenters. The molecule has 0 aliphatic carbocycles. The number of nitrogens with zero attached hydrogens (tertiary/aromatic N) is 3. The number of rotatable bonds is 3. The number of aryl methyl sites for hydroxylation is 1. The largest absolute Gasteiger partial charge is 0.366 e. The molecule has 2 atom stereocenters. The van der Waals surface area contributed by atoms with E-state index in [-0.39, 0.29) is 17.1 Å². The van der Waals surface area contributed by atoms with E-state index < -0.39 is 0 Å². The Morgan fingerprint density at radius 2 is 1.88 bits per heavy atom. The number of benzene rings is 2. The van der Waals surface area contributed by atoms with Crippen LogP contribution in [0.25, 0.3) is 11.0 Å². The molecule has 1 fully saturated rings. The topological polar surface area (TPSA) is 43.2 Å². The summed E-state index contributed by atoms with van der Waals surface area (Å²) in [4.78, 5) is 0. The molecule has 0 N–H and O–H groups in total. The first-order chi connectivity index (χ1) is 11.4. The van der Waals surface area contributed by atoms with Gasteiger partial charge in [-0.25, -0.2) is 4.68 Å². The van der Waals surface area contributed by atoms with Gasteiger partial charge in [0.2, 0.25) is 0 Å². The van der Waals surface area contributed by atoms with Crippen LogP contribution in [0.15, 0.2) is 48.5 Å². The van der Waals surface area contributed by atoms with Crippen LogP contribution >= 0.6 is 0 Å². The highest BCUT2D eigenvalue weighted by Crippen LogP contribution is 2.54. The second kappa shape index (κ2) is 5.15. The van der Waals surface area contributed by atoms with E-state index in [0.717, 1.165) is 17.6 Å². The minimum atomic E-state index is -0.267. The van der Waals surface area contributed by atoms with Gasteiger partial charge in [0.25, 0.3) is 0 Å². The number of aromatic nitrogens is 3. The van der Waals surface area contributed by atoms with Crippen molar-refractivity contribution in [3.8, 4) is 0 Å². The standard InChI is InChI=1S/C20H23N3O/c1-14-8-7-9-15(12-14)18(20(13-24-20)19(2,3)4)23-17-11-6-5-10-16(17)21-22-23/h5-12,18H,13H2,1-4H3/t18-,20+/m1/s1. The molecule has 1 aromatic heterocycles. The molecule has 0 spiro atoms. The van der Waals surface area contributed by atoms with Crippen molar-refractivity contribution in [2.75, 3.05) is 6.61 Å². The van der Waals surface area contributed by atoms with Gasteiger partial charge >= 0.3 is 0 Å². The molecule has 1 saturated heterocycles. The van der Waals surface area contributed by atoms with E-state index in [1.54, 1.807) is 0 Å². The molecular formula is C20H23N3O. The Hall–Kier alpha value is -2.20. The third kappa shape index (κ3) is 2.25. The van der Waals surface area contributed by atoms with Gasteiger partial charge in [-0.1, -0.05) is 67.9 Å². The van der Waals surface area contributed by atoms with Crippen molar-refractivity contribution in [1.82, 2.24) is 15.0 Å². The second-order valence-corrected chi connectivity index (χ2v) is 7.77. The zero-order valence-corrected chi connectivity index (χ0v) is 14.7. The maximum absolute atomic E-state index is 6.10. The third-order valence-electron chi connectivity index (χ3n) is 5.15. The summed E-state index contributed by atoms with van der Waals surface area (Å²) < 4.78 is 8.15. The summed E-state index contributed by atoms with van der Waals surface area (Å²) in [6.45, 7) is 9.58. The number of para-hydroxylation sites is 1. The fourth-order valence-electron chi connectivity index (χ4n) is 3.60. The summed E-state index contributed by atoms with van der Waals surface area (Å²) in [6.07, 6.45) is 0. The van der Waals surface area contributed by atoms with Gasteiger partial charge in [-0.2, -0.15) is 0 Å². The van der Waals surface area contributed by atoms with Crippen LogP contribution in [0, 0.1) is 12.3 Å². The lowest BCUT2D eigenvalue weighted by Gasteiger charge is -2.35. The van der Waals surface area contributed by atoms with Crippen molar-refractivity contribution < 1.29 is 4.74 Å². The Bertz CT molecular complexity index is 887. The van der Waals surface area contributed by atoms with E-state index in [4.69, 9.17) is 4.74 Å². The molecule has 2 aromatic carbocycles. The summed E-state index contributed by atoms with van der Waals surface area (Å²) in [5.74, 6) is 0. The molecule has 0 saturated carbocycles. The number of epoxide rings is 1. The van der Waals surface area contributed by atoms with Gasteiger partial charge in [-0.3, -0.25) is 0 Å². The molecule has 24 heavy (non-hydrogen) atoms. The Kier molecular flexibility index (Phi) is 3.29. The first-order valence-electron chi connectivity index (χ1n) is 8.43. The van der Waals surface area contributed by atoms with Crippen LogP contribution in [0.1, 0.15) is 37.9 Å². The third-order valence-corrected chi connectivity index (χ3v) is 5.15.